The molecule has 0 unspecified atom stereocenters. The van der Waals surface area contributed by atoms with Crippen LogP contribution in [0.2, 0.25) is 0 Å². The molecule has 0 heterocycles. The Balaban J connectivity index is 1.60. The summed E-state index contributed by atoms with van der Waals surface area (Å²) in [6, 6.07) is 6.36. The number of nitrogens with two attached hydrogens (primary N) is 2. The predicted molar refractivity (Wildman–Crippen MR) is 84.1 cm³/mol. The smallest absolute Gasteiger partial charge is 0.218 e. The van der Waals surface area contributed by atoms with E-state index in [0.717, 1.165) is 24.9 Å². The molecule has 2 aliphatic rings. The number of anilines is 1. The Labute approximate surface area is 124 Å². The van der Waals surface area contributed by atoms with Crippen molar-refractivity contribution in [3.8, 4) is 0 Å². The third kappa shape index (κ3) is 3.35. The Morgan fingerprint density at radius 3 is 2.71 bits per heavy atom. The number of amides is 1. The van der Waals surface area contributed by atoms with Gasteiger partial charge >= 0.3 is 0 Å². The number of hydrogen-bond donors (Lipinski definition) is 3. The van der Waals surface area contributed by atoms with Gasteiger partial charge in [0.1, 0.15) is 0 Å². The van der Waals surface area contributed by atoms with Crippen LogP contribution in [0.4, 0.5) is 5.69 Å². The number of hydrogen-bond acceptors (Lipinski definition) is 2. The number of aliphatic imine (C=N–C) groups is 1. The zero-order valence-corrected chi connectivity index (χ0v) is 12.2. The number of nitrogens with one attached hydrogen (secondary N) is 1. The number of aryl methyl sites for hydroxylation is 2. The summed E-state index contributed by atoms with van der Waals surface area (Å²) in [6.45, 7) is 0.569. The van der Waals surface area contributed by atoms with Gasteiger partial charge in [-0.2, -0.15) is 0 Å². The predicted octanol–water partition coefficient (Wildman–Crippen LogP) is 1.56. The van der Waals surface area contributed by atoms with Crippen LogP contribution in [-0.2, 0) is 17.6 Å². The molecule has 5 N–H and O–H groups in total. The van der Waals surface area contributed by atoms with E-state index in [1.165, 1.54) is 24.0 Å². The van der Waals surface area contributed by atoms with Crippen molar-refractivity contribution >= 4 is 17.6 Å². The second kappa shape index (κ2) is 5.39. The maximum absolute atomic E-state index is 11.0. The summed E-state index contributed by atoms with van der Waals surface area (Å²) in [7, 11) is 0. The van der Waals surface area contributed by atoms with E-state index in [1.807, 2.05) is 6.07 Å². The fourth-order valence-electron chi connectivity index (χ4n) is 3.03. The molecule has 3 rings (SSSR count). The lowest BCUT2D eigenvalue weighted by atomic mass is 10.0. The lowest BCUT2D eigenvalue weighted by Crippen LogP contribution is -2.25. The summed E-state index contributed by atoms with van der Waals surface area (Å²) in [4.78, 5) is 15.4. The molecule has 2 aliphatic carbocycles. The van der Waals surface area contributed by atoms with Crippen molar-refractivity contribution in [1.29, 1.82) is 0 Å². The molecule has 1 aromatic rings. The van der Waals surface area contributed by atoms with E-state index < -0.39 is 0 Å². The van der Waals surface area contributed by atoms with E-state index in [4.69, 9.17) is 11.5 Å². The van der Waals surface area contributed by atoms with Crippen LogP contribution in [0.5, 0.6) is 0 Å². The standard InChI is InChI=1S/C16H22N4O/c17-14(21)9-16(6-7-16)10-19-15(18)20-13-5-4-11-2-1-3-12(11)8-13/h4-5,8H,1-3,6-7,9-10H2,(H2,17,21)(H3,18,19,20). The van der Waals surface area contributed by atoms with E-state index in [2.05, 4.69) is 22.4 Å². The molecule has 5 heteroatoms. The lowest BCUT2D eigenvalue weighted by Gasteiger charge is -2.11. The Morgan fingerprint density at radius 2 is 2.00 bits per heavy atom. The van der Waals surface area contributed by atoms with Gasteiger partial charge in [0, 0.05) is 18.7 Å². The summed E-state index contributed by atoms with van der Waals surface area (Å²) in [5, 5.41) is 3.14. The zero-order valence-electron chi connectivity index (χ0n) is 12.2. The van der Waals surface area contributed by atoms with Crippen LogP contribution in [-0.4, -0.2) is 18.4 Å². The summed E-state index contributed by atoms with van der Waals surface area (Å²) in [6.07, 6.45) is 5.97. The average Bonchev–Trinajstić information content (AvgIpc) is 3.02. The molecule has 1 amide bonds. The maximum atomic E-state index is 11.0. The molecule has 0 bridgehead atoms. The monoisotopic (exact) mass is 286 g/mol. The van der Waals surface area contributed by atoms with Crippen LogP contribution in [0.25, 0.3) is 0 Å². The molecule has 112 valence electrons. The minimum Gasteiger partial charge on any atom is -0.370 e. The van der Waals surface area contributed by atoms with Crippen LogP contribution in [0, 0.1) is 5.41 Å². The van der Waals surface area contributed by atoms with Crippen molar-refractivity contribution in [2.45, 2.75) is 38.5 Å². The summed E-state index contributed by atoms with van der Waals surface area (Å²) < 4.78 is 0. The lowest BCUT2D eigenvalue weighted by molar-refractivity contribution is -0.119. The number of guanidine groups is 1. The van der Waals surface area contributed by atoms with E-state index in [-0.39, 0.29) is 11.3 Å². The number of fused-ring (bicyclic) bond motifs is 1. The van der Waals surface area contributed by atoms with Crippen LogP contribution in [0.3, 0.4) is 0 Å². The number of primary amides is 1. The number of benzene rings is 1. The quantitative estimate of drug-likeness (QED) is 0.566. The first kappa shape index (κ1) is 13.9. The molecule has 1 saturated carbocycles. The summed E-state index contributed by atoms with van der Waals surface area (Å²) in [5.41, 5.74) is 15.0. The molecule has 0 radical (unpaired) electrons. The molecular formula is C16H22N4O. The van der Waals surface area contributed by atoms with Crippen LogP contribution in [0.1, 0.15) is 36.8 Å². The van der Waals surface area contributed by atoms with E-state index in [1.54, 1.807) is 0 Å². The Kier molecular flexibility index (Phi) is 3.57. The van der Waals surface area contributed by atoms with Crippen molar-refractivity contribution in [2.75, 3.05) is 11.9 Å². The fraction of sp³-hybridized carbons (Fsp3) is 0.500. The number of carbonyl (C=O) groups is 1. The first-order valence-corrected chi connectivity index (χ1v) is 7.53. The van der Waals surface area contributed by atoms with E-state index in [0.29, 0.717) is 18.9 Å². The van der Waals surface area contributed by atoms with E-state index in [9.17, 15) is 4.79 Å². The number of carbonyl (C=O) groups excluding carboxylic acids is 1. The van der Waals surface area contributed by atoms with Gasteiger partial charge in [0.05, 0.1) is 0 Å². The van der Waals surface area contributed by atoms with Gasteiger partial charge in [0.15, 0.2) is 5.96 Å². The summed E-state index contributed by atoms with van der Waals surface area (Å²) in [5.74, 6) is 0.150. The van der Waals surface area contributed by atoms with Crippen molar-refractivity contribution in [1.82, 2.24) is 0 Å². The van der Waals surface area contributed by atoms with Crippen molar-refractivity contribution in [3.05, 3.63) is 29.3 Å². The SMILES string of the molecule is NC(=O)CC1(CN=C(N)Nc2ccc3c(c2)CCC3)CC1. The molecule has 1 aromatic carbocycles. The zero-order chi connectivity index (χ0) is 14.9. The molecule has 21 heavy (non-hydrogen) atoms. The van der Waals surface area contributed by atoms with Gasteiger partial charge in [-0.15, -0.1) is 0 Å². The summed E-state index contributed by atoms with van der Waals surface area (Å²) >= 11 is 0. The van der Waals surface area contributed by atoms with Crippen molar-refractivity contribution in [3.63, 3.8) is 0 Å². The highest BCUT2D eigenvalue weighted by atomic mass is 16.1. The van der Waals surface area contributed by atoms with E-state index >= 15 is 0 Å². The molecular weight excluding hydrogens is 264 g/mol. The van der Waals surface area contributed by atoms with Gasteiger partial charge < -0.3 is 16.8 Å². The molecule has 1 fully saturated rings. The van der Waals surface area contributed by atoms with Gasteiger partial charge in [-0.3, -0.25) is 9.79 Å². The molecule has 0 atom stereocenters. The second-order valence-corrected chi connectivity index (χ2v) is 6.31. The van der Waals surface area contributed by atoms with Crippen molar-refractivity contribution in [2.24, 2.45) is 21.9 Å². The largest absolute Gasteiger partial charge is 0.370 e. The maximum Gasteiger partial charge on any atom is 0.218 e. The number of nitrogens with zero attached hydrogens (tertiary/aromatic N) is 1. The first-order chi connectivity index (χ1) is 10.1. The molecule has 0 spiro atoms. The Bertz CT molecular complexity index is 590. The molecule has 5 nitrogen and oxygen atoms in total. The number of rotatable bonds is 5. The molecule has 0 aromatic heterocycles. The van der Waals surface area contributed by atoms with Gasteiger partial charge in [-0.1, -0.05) is 6.07 Å². The molecule has 0 aliphatic heterocycles. The van der Waals surface area contributed by atoms with Crippen molar-refractivity contribution < 1.29 is 4.79 Å². The highest BCUT2D eigenvalue weighted by Crippen LogP contribution is 2.48. The third-order valence-electron chi connectivity index (χ3n) is 4.46. The third-order valence-corrected chi connectivity index (χ3v) is 4.46. The van der Waals surface area contributed by atoms with Gasteiger partial charge in [0.2, 0.25) is 5.91 Å². The first-order valence-electron chi connectivity index (χ1n) is 7.53. The fourth-order valence-corrected chi connectivity index (χ4v) is 3.03. The minimum absolute atomic E-state index is 0.0317. The van der Waals surface area contributed by atoms with Gasteiger partial charge in [-0.05, 0) is 60.8 Å². The topological polar surface area (TPSA) is 93.5 Å². The second-order valence-electron chi connectivity index (χ2n) is 6.31. The molecule has 0 saturated heterocycles. The minimum atomic E-state index is -0.257. The Hall–Kier alpha value is -2.04. The Morgan fingerprint density at radius 1 is 1.24 bits per heavy atom. The highest BCUT2D eigenvalue weighted by molar-refractivity contribution is 5.92. The van der Waals surface area contributed by atoms with Crippen LogP contribution < -0.4 is 16.8 Å². The van der Waals surface area contributed by atoms with Crippen LogP contribution >= 0.6 is 0 Å². The highest BCUT2D eigenvalue weighted by Gasteiger charge is 2.43. The van der Waals surface area contributed by atoms with Gasteiger partial charge in [0.25, 0.3) is 0 Å². The average molecular weight is 286 g/mol. The van der Waals surface area contributed by atoms with Crippen LogP contribution in [0.15, 0.2) is 23.2 Å². The van der Waals surface area contributed by atoms with Gasteiger partial charge in [-0.25, -0.2) is 0 Å². The normalized spacial score (nSPS) is 19.1.